The predicted molar refractivity (Wildman–Crippen MR) is 210 cm³/mol. The molecule has 296 valence electrons. The lowest BCUT2D eigenvalue weighted by atomic mass is 10.1. The van der Waals surface area contributed by atoms with Crippen molar-refractivity contribution in [1.29, 1.82) is 0 Å². The minimum atomic E-state index is -0.519. The average molecular weight is 781 g/mol. The zero-order valence-corrected chi connectivity index (χ0v) is 32.2. The Bertz CT molecular complexity index is 2020. The summed E-state index contributed by atoms with van der Waals surface area (Å²) in [7, 11) is 2.66. The number of hydrogen-bond donors (Lipinski definition) is 4. The highest BCUT2D eigenvalue weighted by Gasteiger charge is 2.27. The van der Waals surface area contributed by atoms with E-state index < -0.39 is 23.0 Å². The summed E-state index contributed by atoms with van der Waals surface area (Å²) in [4.78, 5) is 79.8. The second-order valence-electron chi connectivity index (χ2n) is 13.2. The summed E-state index contributed by atoms with van der Waals surface area (Å²) in [5, 5.41) is 3.19. The van der Waals surface area contributed by atoms with Crippen molar-refractivity contribution in [2.75, 3.05) is 45.7 Å². The van der Waals surface area contributed by atoms with Gasteiger partial charge in [0.15, 0.2) is 0 Å². The molecule has 6 rings (SSSR count). The number of H-pyrrole nitrogens is 2. The number of carbonyl (C=O) groups excluding carboxylic acids is 2. The molecular weight excluding hydrogens is 732 g/mol. The van der Waals surface area contributed by atoms with Crippen molar-refractivity contribution in [2.24, 2.45) is 5.73 Å². The first-order valence-corrected chi connectivity index (χ1v) is 18.4. The molecule has 2 amide bonds. The first kappa shape index (κ1) is 42.1. The highest BCUT2D eigenvalue weighted by molar-refractivity contribution is 6.29. The fourth-order valence-corrected chi connectivity index (χ4v) is 6.61. The number of piperidine rings is 2. The number of likely N-dealkylation sites (tertiary alicyclic amines) is 2. The number of aromatic amines is 2. The Morgan fingerprint density at radius 3 is 1.51 bits per heavy atom. The zero-order valence-electron chi connectivity index (χ0n) is 31.4. The molecular formula is C38H49ClN8O8. The van der Waals surface area contributed by atoms with Gasteiger partial charge in [0.2, 0.25) is 0 Å². The third-order valence-electron chi connectivity index (χ3n) is 9.42. The van der Waals surface area contributed by atoms with Crippen LogP contribution in [0.5, 0.6) is 0 Å². The number of rotatable bonds is 6. The maximum absolute atomic E-state index is 12.5. The van der Waals surface area contributed by atoms with Gasteiger partial charge in [-0.05, 0) is 50.7 Å². The van der Waals surface area contributed by atoms with E-state index in [-0.39, 0.29) is 41.0 Å². The van der Waals surface area contributed by atoms with E-state index in [1.807, 2.05) is 74.5 Å². The van der Waals surface area contributed by atoms with Gasteiger partial charge in [-0.3, -0.25) is 28.7 Å². The van der Waals surface area contributed by atoms with E-state index in [4.69, 9.17) is 22.1 Å². The van der Waals surface area contributed by atoms with Crippen molar-refractivity contribution >= 4 is 29.6 Å². The van der Waals surface area contributed by atoms with Crippen LogP contribution in [0.25, 0.3) is 0 Å². The van der Waals surface area contributed by atoms with Crippen molar-refractivity contribution in [3.05, 3.63) is 131 Å². The smallest absolute Gasteiger partial charge is 0.409 e. The average Bonchev–Trinajstić information content (AvgIpc) is 3.18. The number of methoxy groups -OCH3 is 2. The Kier molecular flexibility index (Phi) is 15.5. The molecule has 17 heteroatoms. The molecule has 0 aliphatic carbocycles. The standard InChI is InChI=1S/C19H24N4O4.C11H14ClN3O4.C8H11N/c1-13(14-6-4-3-5-7-14)20-16-12-17(24)23(18(25)21-16)15-8-10-22(11-9-15)19(26)27-2;1-19-11(18)14-4-2-7(3-5-14)15-9(16)6-8(12)13-10(15)17;1-7(9)8-5-3-2-4-6-8/h3-7,12-13,15,20H,8-11H2,1-2H3,(H,21,25);6-7H,2-5H2,1H3,(H,13,17);2-7H,9H2,1H3/t13-;;7-/m0.0/s1. The van der Waals surface area contributed by atoms with Crippen molar-refractivity contribution in [3.63, 3.8) is 0 Å². The SMILES string of the molecule is COC(=O)N1CCC(n2c(=O)cc(Cl)[nH]c2=O)CC1.COC(=O)N1CCC(n2c(=O)cc(N[C@@H](C)c3ccccc3)[nH]c2=O)CC1.C[C@H](N)c1ccccc1. The van der Waals surface area contributed by atoms with E-state index >= 15 is 0 Å². The molecule has 2 aliphatic heterocycles. The number of amides is 2. The monoisotopic (exact) mass is 780 g/mol. The van der Waals surface area contributed by atoms with Crippen LogP contribution in [0.1, 0.15) is 74.8 Å². The number of hydrogen-bond acceptors (Lipinski definition) is 10. The number of nitrogens with zero attached hydrogens (tertiary/aromatic N) is 4. The number of aromatic nitrogens is 4. The van der Waals surface area contributed by atoms with Gasteiger partial charge in [-0.1, -0.05) is 72.3 Å². The summed E-state index contributed by atoms with van der Waals surface area (Å²) < 4.78 is 11.7. The molecule has 2 atom stereocenters. The minimum Gasteiger partial charge on any atom is -0.453 e. The molecule has 2 fully saturated rings. The van der Waals surface area contributed by atoms with Crippen LogP contribution in [0.4, 0.5) is 15.4 Å². The molecule has 2 saturated heterocycles. The van der Waals surface area contributed by atoms with Gasteiger partial charge in [-0.25, -0.2) is 19.2 Å². The van der Waals surface area contributed by atoms with Gasteiger partial charge in [0.05, 0.1) is 14.2 Å². The Labute approximate surface area is 322 Å². The highest BCUT2D eigenvalue weighted by Crippen LogP contribution is 2.22. The van der Waals surface area contributed by atoms with E-state index in [2.05, 4.69) is 20.0 Å². The number of nitrogens with two attached hydrogens (primary N) is 1. The molecule has 4 heterocycles. The molecule has 0 unspecified atom stereocenters. The Morgan fingerprint density at radius 2 is 1.13 bits per heavy atom. The summed E-state index contributed by atoms with van der Waals surface area (Å²) in [5.74, 6) is 0.393. The maximum atomic E-state index is 12.5. The predicted octanol–water partition coefficient (Wildman–Crippen LogP) is 4.41. The van der Waals surface area contributed by atoms with Crippen LogP contribution in [0.2, 0.25) is 5.15 Å². The Balaban J connectivity index is 0.000000207. The van der Waals surface area contributed by atoms with Crippen LogP contribution in [0.15, 0.2) is 92.0 Å². The largest absolute Gasteiger partial charge is 0.453 e. The number of nitrogens with one attached hydrogen (secondary N) is 3. The molecule has 5 N–H and O–H groups in total. The second kappa shape index (κ2) is 20.2. The summed E-state index contributed by atoms with van der Waals surface area (Å²) in [5.41, 5.74) is 6.12. The summed E-state index contributed by atoms with van der Waals surface area (Å²) in [6.07, 6.45) is 1.34. The lowest BCUT2D eigenvalue weighted by molar-refractivity contribution is 0.105. The normalized spacial score (nSPS) is 15.7. The fourth-order valence-electron chi connectivity index (χ4n) is 6.44. The molecule has 16 nitrogen and oxygen atoms in total. The van der Waals surface area contributed by atoms with Crippen LogP contribution in [-0.2, 0) is 9.47 Å². The van der Waals surface area contributed by atoms with Crippen LogP contribution in [0.3, 0.4) is 0 Å². The van der Waals surface area contributed by atoms with E-state index in [0.29, 0.717) is 57.7 Å². The van der Waals surface area contributed by atoms with Gasteiger partial charge in [-0.2, -0.15) is 0 Å². The number of benzene rings is 2. The van der Waals surface area contributed by atoms with Crippen molar-refractivity contribution in [2.45, 2.75) is 63.7 Å². The van der Waals surface area contributed by atoms with Crippen LogP contribution in [0, 0.1) is 0 Å². The van der Waals surface area contributed by atoms with Crippen LogP contribution >= 0.6 is 11.6 Å². The molecule has 55 heavy (non-hydrogen) atoms. The van der Waals surface area contributed by atoms with Gasteiger partial charge in [-0.15, -0.1) is 0 Å². The van der Waals surface area contributed by atoms with E-state index in [0.717, 1.165) is 10.1 Å². The minimum absolute atomic E-state index is 0.0262. The first-order chi connectivity index (χ1) is 26.3. The van der Waals surface area contributed by atoms with Gasteiger partial charge in [0, 0.05) is 62.5 Å². The zero-order chi connectivity index (χ0) is 40.1. The molecule has 0 bridgehead atoms. The molecule has 2 aromatic heterocycles. The van der Waals surface area contributed by atoms with E-state index in [1.165, 1.54) is 36.5 Å². The van der Waals surface area contributed by atoms with Crippen LogP contribution in [-0.4, -0.2) is 81.5 Å². The highest BCUT2D eigenvalue weighted by atomic mass is 35.5. The Morgan fingerprint density at radius 1 is 0.709 bits per heavy atom. The fraction of sp³-hybridized carbons (Fsp3) is 0.421. The maximum Gasteiger partial charge on any atom is 0.409 e. The van der Waals surface area contributed by atoms with Gasteiger partial charge in [0.1, 0.15) is 11.0 Å². The van der Waals surface area contributed by atoms with Gasteiger partial charge < -0.3 is 30.3 Å². The lowest BCUT2D eigenvalue weighted by Gasteiger charge is -2.31. The van der Waals surface area contributed by atoms with Crippen LogP contribution < -0.4 is 33.5 Å². The number of halogens is 1. The van der Waals surface area contributed by atoms with E-state index in [1.54, 1.807) is 9.80 Å². The van der Waals surface area contributed by atoms with Crippen molar-refractivity contribution in [1.82, 2.24) is 28.9 Å². The quantitative estimate of drug-likeness (QED) is 0.203. The summed E-state index contributed by atoms with van der Waals surface area (Å²) >= 11 is 5.61. The number of ether oxygens (including phenoxy) is 2. The van der Waals surface area contributed by atoms with Gasteiger partial charge in [0.25, 0.3) is 11.1 Å². The summed E-state index contributed by atoms with van der Waals surface area (Å²) in [6.45, 7) is 5.75. The second-order valence-corrected chi connectivity index (χ2v) is 13.6. The number of carbonyl (C=O) groups is 2. The molecule has 0 spiro atoms. The molecule has 2 aromatic carbocycles. The van der Waals surface area contributed by atoms with Crippen molar-refractivity contribution < 1.29 is 19.1 Å². The molecule has 0 saturated carbocycles. The topological polar surface area (TPSA) is 207 Å². The van der Waals surface area contributed by atoms with Crippen molar-refractivity contribution in [3.8, 4) is 0 Å². The Hall–Kier alpha value is -5.61. The molecule has 2 aliphatic rings. The molecule has 4 aromatic rings. The lowest BCUT2D eigenvalue weighted by Crippen LogP contribution is -2.45. The first-order valence-electron chi connectivity index (χ1n) is 18.0. The molecule has 0 radical (unpaired) electrons. The number of anilines is 1. The summed E-state index contributed by atoms with van der Waals surface area (Å²) in [6, 6.07) is 22.1. The van der Waals surface area contributed by atoms with E-state index in [9.17, 15) is 28.8 Å². The third-order valence-corrected chi connectivity index (χ3v) is 9.62. The van der Waals surface area contributed by atoms with Gasteiger partial charge >= 0.3 is 23.6 Å². The third kappa shape index (κ3) is 11.7.